The van der Waals surface area contributed by atoms with E-state index in [0.29, 0.717) is 41.3 Å². The molecule has 0 radical (unpaired) electrons. The number of rotatable bonds is 19. The number of hydrogen-bond donors (Lipinski definition) is 0. The summed E-state index contributed by atoms with van der Waals surface area (Å²) >= 11 is 0. The quantitative estimate of drug-likeness (QED) is 0.0381. The van der Waals surface area contributed by atoms with Crippen molar-refractivity contribution in [1.82, 2.24) is 0 Å². The van der Waals surface area contributed by atoms with Crippen molar-refractivity contribution in [2.24, 2.45) is 0 Å². The van der Waals surface area contributed by atoms with Crippen LogP contribution in [0.25, 0.3) is 0 Å². The van der Waals surface area contributed by atoms with Crippen molar-refractivity contribution in [1.29, 1.82) is 0 Å². The van der Waals surface area contributed by atoms with Crippen LogP contribution in [0.1, 0.15) is 70.9 Å². The van der Waals surface area contributed by atoms with Gasteiger partial charge in [0.1, 0.15) is 11.5 Å². The van der Waals surface area contributed by atoms with E-state index in [1.165, 1.54) is 78.1 Å². The number of ether oxygens (including phenoxy) is 4. The molecule has 284 valence electrons. The topological polar surface area (TPSA) is 164 Å². The van der Waals surface area contributed by atoms with Crippen LogP contribution in [0.2, 0.25) is 0 Å². The number of carbonyl (C=O) groups is 2. The number of methoxy groups -OCH3 is 2. The van der Waals surface area contributed by atoms with Crippen molar-refractivity contribution in [3.63, 3.8) is 0 Å². The maximum Gasteiger partial charge on any atom is 0.416 e. The normalized spacial score (nSPS) is 10.9. The third-order valence-electron chi connectivity index (χ3n) is 8.28. The van der Waals surface area contributed by atoms with Crippen LogP contribution < -0.4 is 19.3 Å². The van der Waals surface area contributed by atoms with Gasteiger partial charge in [0.05, 0.1) is 35.4 Å². The van der Waals surface area contributed by atoms with Gasteiger partial charge in [0, 0.05) is 29.8 Å². The number of hydrogen-bond acceptors (Lipinski definition) is 10. The van der Waals surface area contributed by atoms with Gasteiger partial charge in [0.2, 0.25) is 0 Å². The fourth-order valence-electron chi connectivity index (χ4n) is 5.29. The fourth-order valence-corrected chi connectivity index (χ4v) is 5.29. The molecule has 2 amide bonds. The van der Waals surface area contributed by atoms with Gasteiger partial charge in [-0.25, -0.2) is 19.4 Å². The van der Waals surface area contributed by atoms with E-state index in [4.69, 9.17) is 18.9 Å². The first kappa shape index (κ1) is 41.5. The highest BCUT2D eigenvalue weighted by atomic mass is 16.6. The largest absolute Gasteiger partial charge is 0.472 e. The first-order chi connectivity index (χ1) is 25.4. The molecule has 0 aliphatic rings. The summed E-state index contributed by atoms with van der Waals surface area (Å²) in [5.74, 6) is 0.858. The van der Waals surface area contributed by atoms with Crippen LogP contribution in [0.15, 0.2) is 84.0 Å². The second kappa shape index (κ2) is 20.8. The predicted octanol–water partition coefficient (Wildman–Crippen LogP) is 9.69. The molecule has 0 aromatic heterocycles. The molecule has 0 aliphatic carbocycles. The molecule has 0 bridgehead atoms. The van der Waals surface area contributed by atoms with Gasteiger partial charge < -0.3 is 18.9 Å². The average molecular weight is 733 g/mol. The van der Waals surface area contributed by atoms with Crippen LogP contribution in [0.3, 0.4) is 0 Å². The van der Waals surface area contributed by atoms with Gasteiger partial charge in [-0.1, -0.05) is 43.1 Å². The van der Waals surface area contributed by atoms with Crippen molar-refractivity contribution >= 4 is 34.9 Å². The molecule has 0 N–H and O–H groups in total. The van der Waals surface area contributed by atoms with Crippen LogP contribution in [-0.4, -0.2) is 49.7 Å². The number of aryl methyl sites for hydroxylation is 1. The summed E-state index contributed by atoms with van der Waals surface area (Å²) in [6.07, 6.45) is 8.47. The maximum atomic E-state index is 12.9. The van der Waals surface area contributed by atoms with E-state index in [0.717, 1.165) is 43.2 Å². The lowest BCUT2D eigenvalue weighted by Gasteiger charge is -2.25. The molecule has 0 saturated carbocycles. The van der Waals surface area contributed by atoms with Gasteiger partial charge in [0.25, 0.3) is 11.4 Å². The molecular formula is C39H48N4O10. The molecule has 0 heterocycles. The third-order valence-corrected chi connectivity index (χ3v) is 8.28. The number of nitro groups is 2. The molecule has 0 spiro atoms. The van der Waals surface area contributed by atoms with E-state index < -0.39 is 22.0 Å². The Labute approximate surface area is 309 Å². The van der Waals surface area contributed by atoms with E-state index >= 15 is 0 Å². The summed E-state index contributed by atoms with van der Waals surface area (Å²) in [6.45, 7) is 7.66. The fraction of sp³-hybridized carbons (Fsp3) is 0.385. The predicted molar refractivity (Wildman–Crippen MR) is 203 cm³/mol. The number of benzene rings is 3. The Hall–Kier alpha value is -5.92. The van der Waals surface area contributed by atoms with Crippen LogP contribution in [0.4, 0.5) is 32.3 Å². The zero-order chi connectivity index (χ0) is 38.9. The molecule has 3 aromatic rings. The Bertz CT molecular complexity index is 1670. The highest BCUT2D eigenvalue weighted by Crippen LogP contribution is 2.34. The van der Waals surface area contributed by atoms with E-state index in [9.17, 15) is 29.8 Å². The molecule has 0 saturated heterocycles. The minimum Gasteiger partial charge on any atom is -0.472 e. The van der Waals surface area contributed by atoms with Crippen LogP contribution in [0, 0.1) is 20.2 Å². The second-order valence-corrected chi connectivity index (χ2v) is 12.5. The van der Waals surface area contributed by atoms with Gasteiger partial charge in [0.15, 0.2) is 13.5 Å². The molecule has 0 unspecified atom stereocenters. The highest BCUT2D eigenvalue weighted by Gasteiger charge is 2.23. The molecular weight excluding hydrogens is 684 g/mol. The number of nitrogens with zero attached hydrogens (tertiary/aromatic N) is 4. The molecule has 0 aliphatic heterocycles. The van der Waals surface area contributed by atoms with Crippen molar-refractivity contribution in [2.45, 2.75) is 72.6 Å². The monoisotopic (exact) mass is 732 g/mol. The Kier molecular flexibility index (Phi) is 16.3. The first-order valence-electron chi connectivity index (χ1n) is 17.3. The average Bonchev–Trinajstić information content (AvgIpc) is 3.14. The summed E-state index contributed by atoms with van der Waals surface area (Å²) in [6, 6.07) is 14.7. The van der Waals surface area contributed by atoms with Crippen LogP contribution in [0.5, 0.6) is 11.5 Å². The Balaban J connectivity index is 2.09. The van der Waals surface area contributed by atoms with Crippen molar-refractivity contribution in [2.75, 3.05) is 37.5 Å². The van der Waals surface area contributed by atoms with E-state index in [1.54, 1.807) is 0 Å². The SMILES string of the molecule is CCCCCc1cc(OCN(C(=O)OC)c2ccc([N+](=O)[O-])cc2)c(CC=C(C)CCC=C(C)C)c(OCN(C(=O)OC)c2ccc([N+](=O)[O-])cc2)c1. The van der Waals surface area contributed by atoms with Gasteiger partial charge >= 0.3 is 12.2 Å². The molecule has 53 heavy (non-hydrogen) atoms. The van der Waals surface area contributed by atoms with Crippen LogP contribution in [-0.2, 0) is 22.3 Å². The molecule has 3 rings (SSSR count). The summed E-state index contributed by atoms with van der Waals surface area (Å²) in [7, 11) is 2.46. The summed E-state index contributed by atoms with van der Waals surface area (Å²) in [5, 5.41) is 22.5. The first-order valence-corrected chi connectivity index (χ1v) is 17.3. The minimum atomic E-state index is -0.734. The van der Waals surface area contributed by atoms with Gasteiger partial charge in [-0.05, 0) is 94.8 Å². The van der Waals surface area contributed by atoms with Gasteiger partial charge in [-0.15, -0.1) is 0 Å². The molecule has 14 nitrogen and oxygen atoms in total. The molecule has 3 aromatic carbocycles. The standard InChI is InChI=1S/C39H48N4O10/c1-7-8-9-13-30-24-36(52-26-40(38(44)50-5)31-15-19-33(20-16-31)42(46)47)35(23-14-29(4)12-10-11-28(2)3)37(25-30)53-27-41(39(45)51-6)32-17-21-34(22-18-32)43(48)49/h11,14-22,24-25H,7-10,12-13,23,26-27H2,1-6H3. The second-order valence-electron chi connectivity index (χ2n) is 12.5. The number of amides is 2. The van der Waals surface area contributed by atoms with Crippen molar-refractivity contribution in [3.05, 3.63) is 115 Å². The Morgan fingerprint density at radius 1 is 0.736 bits per heavy atom. The maximum absolute atomic E-state index is 12.9. The van der Waals surface area contributed by atoms with E-state index in [2.05, 4.69) is 32.9 Å². The minimum absolute atomic E-state index is 0.134. The van der Waals surface area contributed by atoms with E-state index in [-0.39, 0.29) is 24.8 Å². The lowest BCUT2D eigenvalue weighted by Crippen LogP contribution is -2.35. The van der Waals surface area contributed by atoms with Gasteiger partial charge in [-0.3, -0.25) is 20.2 Å². The number of anilines is 2. The summed E-state index contributed by atoms with van der Waals surface area (Å²) < 4.78 is 22.8. The summed E-state index contributed by atoms with van der Waals surface area (Å²) in [4.78, 5) is 49.7. The van der Waals surface area contributed by atoms with Gasteiger partial charge in [-0.2, -0.15) is 0 Å². The van der Waals surface area contributed by atoms with Crippen LogP contribution >= 0.6 is 0 Å². The number of non-ortho nitro benzene ring substituents is 2. The lowest BCUT2D eigenvalue weighted by atomic mass is 10.00. The molecule has 0 atom stereocenters. The summed E-state index contributed by atoms with van der Waals surface area (Å²) in [5.41, 5.74) is 4.29. The third kappa shape index (κ3) is 12.7. The highest BCUT2D eigenvalue weighted by molar-refractivity contribution is 5.88. The number of nitro benzene ring substituents is 2. The Morgan fingerprint density at radius 3 is 1.60 bits per heavy atom. The number of unbranched alkanes of at least 4 members (excludes halogenated alkanes) is 2. The van der Waals surface area contributed by atoms with E-state index in [1.807, 2.05) is 19.1 Å². The zero-order valence-electron chi connectivity index (χ0n) is 31.2. The number of allylic oxidation sites excluding steroid dienone is 4. The van der Waals surface area contributed by atoms with Crippen molar-refractivity contribution in [3.8, 4) is 11.5 Å². The molecule has 0 fully saturated rings. The smallest absolute Gasteiger partial charge is 0.416 e. The van der Waals surface area contributed by atoms with Crippen molar-refractivity contribution < 1.29 is 38.4 Å². The lowest BCUT2D eigenvalue weighted by molar-refractivity contribution is -0.385. The number of carbonyl (C=O) groups excluding carboxylic acids is 2. The Morgan fingerprint density at radius 2 is 1.21 bits per heavy atom. The molecule has 14 heteroatoms. The zero-order valence-corrected chi connectivity index (χ0v) is 31.2.